The van der Waals surface area contributed by atoms with Crippen LogP contribution in [0.2, 0.25) is 0 Å². The van der Waals surface area contributed by atoms with Crippen molar-refractivity contribution in [1.29, 1.82) is 0 Å². The number of benzene rings is 1. The minimum atomic E-state index is 0. The Kier molecular flexibility index (Phi) is 17.0. The molecule has 1 rings (SSSR count). The van der Waals surface area contributed by atoms with Gasteiger partial charge in [-0.3, -0.25) is 0 Å². The summed E-state index contributed by atoms with van der Waals surface area (Å²) in [5.74, 6) is 0. The van der Waals surface area contributed by atoms with Gasteiger partial charge in [0.1, 0.15) is 0 Å². The van der Waals surface area contributed by atoms with E-state index in [1.165, 1.54) is 102 Å². The Morgan fingerprint density at radius 2 is 1.07 bits per heavy atom. The maximum absolute atomic E-state index is 2.36. The number of hydrogen-bond acceptors (Lipinski definition) is 0. The van der Waals surface area contributed by atoms with Crippen LogP contribution < -0.4 is 12.4 Å². The number of nitrogens with zero attached hydrogens (tertiary/aromatic N) is 1. The lowest BCUT2D eigenvalue weighted by molar-refractivity contribution is -0.896. The molecule has 0 saturated heterocycles. The first-order valence-electron chi connectivity index (χ1n) is 11.9. The number of quaternary nitrogens is 1. The summed E-state index contributed by atoms with van der Waals surface area (Å²) in [7, 11) is 7.07. The molecule has 1 atom stereocenters. The van der Waals surface area contributed by atoms with Gasteiger partial charge in [0.2, 0.25) is 0 Å². The molecule has 1 aromatic rings. The van der Waals surface area contributed by atoms with Crippen LogP contribution >= 0.6 is 0 Å². The highest BCUT2D eigenvalue weighted by atomic mass is 35.5. The fourth-order valence-corrected chi connectivity index (χ4v) is 4.05. The highest BCUT2D eigenvalue weighted by Gasteiger charge is 2.23. The Hall–Kier alpha value is -0.530. The smallest absolute Gasteiger partial charge is 0.0925 e. The second-order valence-electron chi connectivity index (χ2n) is 9.49. The monoisotopic (exact) mass is 409 g/mol. The zero-order valence-corrected chi connectivity index (χ0v) is 20.2. The van der Waals surface area contributed by atoms with Crippen LogP contribution in [0.3, 0.4) is 0 Å². The second-order valence-corrected chi connectivity index (χ2v) is 9.49. The van der Waals surface area contributed by atoms with Crippen LogP contribution in [0.25, 0.3) is 0 Å². The molecule has 1 unspecified atom stereocenters. The van der Waals surface area contributed by atoms with E-state index in [2.05, 4.69) is 58.4 Å². The topological polar surface area (TPSA) is 0 Å². The van der Waals surface area contributed by atoms with Gasteiger partial charge in [0, 0.05) is 6.42 Å². The minimum absolute atomic E-state index is 0. The molecule has 0 spiro atoms. The van der Waals surface area contributed by atoms with Gasteiger partial charge >= 0.3 is 0 Å². The zero-order chi connectivity index (χ0) is 19.8. The third kappa shape index (κ3) is 14.5. The van der Waals surface area contributed by atoms with Crippen LogP contribution in [0.4, 0.5) is 0 Å². The van der Waals surface area contributed by atoms with Gasteiger partial charge < -0.3 is 16.9 Å². The Morgan fingerprint density at radius 1 is 0.643 bits per heavy atom. The molecule has 1 nitrogen and oxygen atoms in total. The Bertz CT molecular complexity index is 437. The first-order valence-corrected chi connectivity index (χ1v) is 11.9. The molecule has 164 valence electrons. The number of likely N-dealkylation sites (N-methyl/N-ethyl adjacent to an activating group) is 1. The van der Waals surface area contributed by atoms with Crippen LogP contribution in [0.1, 0.15) is 102 Å². The van der Waals surface area contributed by atoms with E-state index < -0.39 is 0 Å². The maximum Gasteiger partial charge on any atom is 0.0925 e. The maximum atomic E-state index is 2.36. The second kappa shape index (κ2) is 17.3. The van der Waals surface area contributed by atoms with E-state index in [1.54, 1.807) is 0 Å². The predicted octanol–water partition coefficient (Wildman–Crippen LogP) is 4.79. The van der Waals surface area contributed by atoms with Gasteiger partial charge in [0.15, 0.2) is 0 Å². The van der Waals surface area contributed by atoms with Gasteiger partial charge in [-0.05, 0) is 18.4 Å². The summed E-state index contributed by atoms with van der Waals surface area (Å²) in [5, 5.41) is 0. The molecule has 0 aliphatic rings. The number of unbranched alkanes of at least 4 members (excludes halogenated alkanes) is 12. The van der Waals surface area contributed by atoms with Gasteiger partial charge in [-0.1, -0.05) is 114 Å². The van der Waals surface area contributed by atoms with E-state index >= 15 is 0 Å². The first-order chi connectivity index (χ1) is 13.0. The summed E-state index contributed by atoms with van der Waals surface area (Å²) in [4.78, 5) is 0. The number of hydrogen-bond donors (Lipinski definition) is 0. The summed E-state index contributed by atoms with van der Waals surface area (Å²) in [6, 6.07) is 11.8. The predicted molar refractivity (Wildman–Crippen MR) is 122 cm³/mol. The third-order valence-corrected chi connectivity index (χ3v) is 6.05. The Labute approximate surface area is 183 Å². The quantitative estimate of drug-likeness (QED) is 0.256. The van der Waals surface area contributed by atoms with Crippen molar-refractivity contribution in [2.45, 2.75) is 109 Å². The SMILES string of the molecule is CCCCCCCCCCCCCCCC(Cc1ccccc1)[N+](C)(C)C.[Cl-]. The van der Waals surface area contributed by atoms with Crippen molar-refractivity contribution in [3.63, 3.8) is 0 Å². The van der Waals surface area contributed by atoms with Crippen molar-refractivity contribution in [3.05, 3.63) is 35.9 Å². The van der Waals surface area contributed by atoms with Gasteiger partial charge in [0.05, 0.1) is 27.2 Å². The van der Waals surface area contributed by atoms with Crippen LogP contribution in [-0.4, -0.2) is 31.7 Å². The highest BCUT2D eigenvalue weighted by Crippen LogP contribution is 2.19. The van der Waals surface area contributed by atoms with Gasteiger partial charge in [-0.25, -0.2) is 0 Å². The molecule has 28 heavy (non-hydrogen) atoms. The molecule has 0 aliphatic heterocycles. The fourth-order valence-electron chi connectivity index (χ4n) is 4.05. The number of rotatable bonds is 17. The van der Waals surface area contributed by atoms with Gasteiger partial charge in [-0.15, -0.1) is 0 Å². The molecule has 1 aromatic carbocycles. The highest BCUT2D eigenvalue weighted by molar-refractivity contribution is 5.15. The summed E-state index contributed by atoms with van der Waals surface area (Å²) in [6.07, 6.45) is 21.3. The first kappa shape index (κ1) is 27.5. The van der Waals surface area contributed by atoms with Gasteiger partial charge in [0.25, 0.3) is 0 Å². The van der Waals surface area contributed by atoms with E-state index in [0.717, 1.165) is 10.5 Å². The molecule has 0 aliphatic carbocycles. The fraction of sp³-hybridized carbons (Fsp3) is 0.769. The minimum Gasteiger partial charge on any atom is -1.00 e. The molecular formula is C26H48ClN. The standard InChI is InChI=1S/C26H48N.ClH/c1-5-6-7-8-9-10-11-12-13-14-15-16-20-23-26(27(2,3)4)24-25-21-18-17-19-22-25;/h17-19,21-22,26H,5-16,20,23-24H2,1-4H3;1H/q+1;/p-1. The molecule has 0 aromatic heterocycles. The average Bonchev–Trinajstić information content (AvgIpc) is 2.64. The lowest BCUT2D eigenvalue weighted by Crippen LogP contribution is -3.00. The molecule has 0 heterocycles. The summed E-state index contributed by atoms with van der Waals surface area (Å²) in [5.41, 5.74) is 1.49. The summed E-state index contributed by atoms with van der Waals surface area (Å²) < 4.78 is 1.08. The van der Waals surface area contributed by atoms with Crippen LogP contribution in [0.15, 0.2) is 30.3 Å². The molecule has 0 bridgehead atoms. The van der Waals surface area contributed by atoms with Crippen molar-refractivity contribution in [2.75, 3.05) is 21.1 Å². The summed E-state index contributed by atoms with van der Waals surface area (Å²) >= 11 is 0. The lowest BCUT2D eigenvalue weighted by Gasteiger charge is -2.34. The van der Waals surface area contributed by atoms with E-state index in [9.17, 15) is 0 Å². The summed E-state index contributed by atoms with van der Waals surface area (Å²) in [6.45, 7) is 2.30. The third-order valence-electron chi connectivity index (χ3n) is 6.05. The molecule has 0 N–H and O–H groups in total. The lowest BCUT2D eigenvalue weighted by atomic mass is 9.97. The average molecular weight is 410 g/mol. The van der Waals surface area contributed by atoms with E-state index in [1.807, 2.05) is 0 Å². The molecule has 0 saturated carbocycles. The van der Waals surface area contributed by atoms with Crippen molar-refractivity contribution >= 4 is 0 Å². The van der Waals surface area contributed by atoms with Crippen LogP contribution in [0, 0.1) is 0 Å². The Morgan fingerprint density at radius 3 is 1.50 bits per heavy atom. The Balaban J connectivity index is 0.00000729. The zero-order valence-electron chi connectivity index (χ0n) is 19.4. The molecule has 0 radical (unpaired) electrons. The number of halogens is 1. The van der Waals surface area contributed by atoms with Crippen molar-refractivity contribution in [3.8, 4) is 0 Å². The molecule has 0 amide bonds. The van der Waals surface area contributed by atoms with Crippen molar-refractivity contribution in [2.24, 2.45) is 0 Å². The van der Waals surface area contributed by atoms with E-state index in [0.29, 0.717) is 0 Å². The van der Waals surface area contributed by atoms with E-state index in [4.69, 9.17) is 0 Å². The van der Waals surface area contributed by atoms with Crippen LogP contribution in [0.5, 0.6) is 0 Å². The molecular weight excluding hydrogens is 362 g/mol. The normalized spacial score (nSPS) is 12.6. The largest absolute Gasteiger partial charge is 1.00 e. The molecule has 2 heteroatoms. The van der Waals surface area contributed by atoms with Gasteiger partial charge in [-0.2, -0.15) is 0 Å². The molecule has 0 fully saturated rings. The van der Waals surface area contributed by atoms with E-state index in [-0.39, 0.29) is 12.4 Å². The van der Waals surface area contributed by atoms with Crippen molar-refractivity contribution in [1.82, 2.24) is 0 Å². The van der Waals surface area contributed by atoms with Crippen molar-refractivity contribution < 1.29 is 16.9 Å². The van der Waals surface area contributed by atoms with Crippen LogP contribution in [-0.2, 0) is 6.42 Å².